The van der Waals surface area contributed by atoms with E-state index in [4.69, 9.17) is 9.72 Å². The zero-order chi connectivity index (χ0) is 12.6. The molecule has 98 valence electrons. The first-order chi connectivity index (χ1) is 8.73. The highest BCUT2D eigenvalue weighted by Gasteiger charge is 2.45. The molecule has 1 heterocycles. The predicted octanol–water partition coefficient (Wildman–Crippen LogP) is 3.30. The van der Waals surface area contributed by atoms with E-state index < -0.39 is 0 Å². The molecule has 0 saturated heterocycles. The van der Waals surface area contributed by atoms with Crippen LogP contribution in [0.1, 0.15) is 55.1 Å². The molecule has 2 saturated carbocycles. The molecule has 0 aliphatic heterocycles. The van der Waals surface area contributed by atoms with Gasteiger partial charge in [0.25, 0.3) is 0 Å². The number of aromatic nitrogens is 1. The molecule has 3 nitrogen and oxygen atoms in total. The van der Waals surface area contributed by atoms with Gasteiger partial charge in [-0.25, -0.2) is 4.98 Å². The normalized spacial score (nSPS) is 22.1. The summed E-state index contributed by atoms with van der Waals surface area (Å²) in [7, 11) is 1.49. The second-order valence-corrected chi connectivity index (χ2v) is 6.54. The molecule has 18 heavy (non-hydrogen) atoms. The Balaban J connectivity index is 1.71. The van der Waals surface area contributed by atoms with Crippen LogP contribution in [0.3, 0.4) is 0 Å². The second-order valence-electron chi connectivity index (χ2n) is 5.60. The predicted molar refractivity (Wildman–Crippen MR) is 70.7 cm³/mol. The van der Waals surface area contributed by atoms with Crippen molar-refractivity contribution < 1.29 is 9.53 Å². The molecule has 0 radical (unpaired) electrons. The van der Waals surface area contributed by atoms with Crippen LogP contribution in [0.4, 0.5) is 0 Å². The number of thiazole rings is 1. The maximum Gasteiger partial charge on any atom is 0.312 e. The van der Waals surface area contributed by atoms with Gasteiger partial charge in [-0.2, -0.15) is 0 Å². The Bertz CT molecular complexity index is 446. The average Bonchev–Trinajstić information content (AvgIpc) is 2.68. The summed E-state index contributed by atoms with van der Waals surface area (Å²) in [5.74, 6) is 0.639. The number of methoxy groups -OCH3 is 1. The summed E-state index contributed by atoms with van der Waals surface area (Å²) in [4.78, 5) is 16.6. The van der Waals surface area contributed by atoms with Crippen molar-refractivity contribution in [3.05, 3.63) is 16.1 Å². The summed E-state index contributed by atoms with van der Waals surface area (Å²) in [5.41, 5.74) is 0.990. The SMILES string of the molecule is COC(=O)C1(Cc2nc(C3CCC3)cs2)CCC1. The first-order valence-corrected chi connectivity index (χ1v) is 7.64. The van der Waals surface area contributed by atoms with Crippen LogP contribution in [-0.2, 0) is 16.0 Å². The largest absolute Gasteiger partial charge is 0.469 e. The molecule has 2 aliphatic rings. The molecule has 3 rings (SSSR count). The van der Waals surface area contributed by atoms with Gasteiger partial charge in [-0.15, -0.1) is 11.3 Å². The van der Waals surface area contributed by atoms with Crippen LogP contribution >= 0.6 is 11.3 Å². The van der Waals surface area contributed by atoms with Crippen LogP contribution in [0.5, 0.6) is 0 Å². The molecular formula is C14H19NO2S. The summed E-state index contributed by atoms with van der Waals surface area (Å²) in [6.07, 6.45) is 7.73. The Morgan fingerprint density at radius 1 is 1.50 bits per heavy atom. The van der Waals surface area contributed by atoms with E-state index in [0.29, 0.717) is 5.92 Å². The molecule has 2 aliphatic carbocycles. The van der Waals surface area contributed by atoms with E-state index in [1.54, 1.807) is 11.3 Å². The summed E-state index contributed by atoms with van der Waals surface area (Å²) < 4.78 is 4.95. The van der Waals surface area contributed by atoms with E-state index in [1.807, 2.05) is 0 Å². The van der Waals surface area contributed by atoms with Crippen LogP contribution in [0.15, 0.2) is 5.38 Å². The number of rotatable bonds is 4. The molecule has 0 spiro atoms. The number of hydrogen-bond donors (Lipinski definition) is 0. The fourth-order valence-electron chi connectivity index (χ4n) is 2.86. The Morgan fingerprint density at radius 3 is 2.78 bits per heavy atom. The Morgan fingerprint density at radius 2 is 2.28 bits per heavy atom. The lowest BCUT2D eigenvalue weighted by Gasteiger charge is -2.38. The van der Waals surface area contributed by atoms with Crippen molar-refractivity contribution in [2.24, 2.45) is 5.41 Å². The van der Waals surface area contributed by atoms with E-state index in [0.717, 1.165) is 30.7 Å². The van der Waals surface area contributed by atoms with E-state index in [1.165, 1.54) is 32.1 Å². The van der Waals surface area contributed by atoms with Gasteiger partial charge in [0.15, 0.2) is 0 Å². The van der Waals surface area contributed by atoms with Gasteiger partial charge in [-0.3, -0.25) is 4.79 Å². The first kappa shape index (κ1) is 12.2. The van der Waals surface area contributed by atoms with Crippen LogP contribution in [0.25, 0.3) is 0 Å². The Hall–Kier alpha value is -0.900. The lowest BCUT2D eigenvalue weighted by atomic mass is 9.67. The zero-order valence-corrected chi connectivity index (χ0v) is 11.6. The number of carbonyl (C=O) groups is 1. The third-order valence-corrected chi connectivity index (χ3v) is 5.38. The number of esters is 1. The summed E-state index contributed by atoms with van der Waals surface area (Å²) >= 11 is 1.71. The highest BCUT2D eigenvalue weighted by molar-refractivity contribution is 7.09. The molecule has 2 fully saturated rings. The minimum Gasteiger partial charge on any atom is -0.469 e. The maximum atomic E-state index is 11.9. The van der Waals surface area contributed by atoms with Crippen molar-refractivity contribution >= 4 is 17.3 Å². The molecule has 0 aromatic carbocycles. The zero-order valence-electron chi connectivity index (χ0n) is 10.8. The van der Waals surface area contributed by atoms with E-state index >= 15 is 0 Å². The topological polar surface area (TPSA) is 39.2 Å². The summed E-state index contributed by atoms with van der Waals surface area (Å²) in [5, 5.41) is 3.30. The van der Waals surface area contributed by atoms with Gasteiger partial charge in [0, 0.05) is 17.7 Å². The van der Waals surface area contributed by atoms with Gasteiger partial charge in [0.05, 0.1) is 23.2 Å². The molecule has 1 aromatic heterocycles. The molecule has 1 aromatic rings. The number of ether oxygens (including phenoxy) is 1. The minimum absolute atomic E-state index is 0.0471. The van der Waals surface area contributed by atoms with Gasteiger partial charge in [-0.1, -0.05) is 12.8 Å². The Labute approximate surface area is 112 Å². The highest BCUT2D eigenvalue weighted by Crippen LogP contribution is 2.45. The molecule has 0 bridgehead atoms. The Kier molecular flexibility index (Phi) is 3.14. The van der Waals surface area contributed by atoms with Gasteiger partial charge in [-0.05, 0) is 25.7 Å². The minimum atomic E-state index is -0.260. The van der Waals surface area contributed by atoms with Gasteiger partial charge in [0.2, 0.25) is 0 Å². The molecule has 0 unspecified atom stereocenters. The lowest BCUT2D eigenvalue weighted by Crippen LogP contribution is -2.40. The number of hydrogen-bond acceptors (Lipinski definition) is 4. The fraction of sp³-hybridized carbons (Fsp3) is 0.714. The van der Waals surface area contributed by atoms with E-state index in [2.05, 4.69) is 5.38 Å². The summed E-state index contributed by atoms with van der Waals surface area (Å²) in [6, 6.07) is 0. The van der Waals surface area contributed by atoms with Gasteiger partial charge in [0.1, 0.15) is 0 Å². The van der Waals surface area contributed by atoms with Gasteiger partial charge >= 0.3 is 5.97 Å². The first-order valence-electron chi connectivity index (χ1n) is 6.76. The lowest BCUT2D eigenvalue weighted by molar-refractivity contribution is -0.158. The number of carbonyl (C=O) groups excluding carboxylic acids is 1. The molecule has 4 heteroatoms. The summed E-state index contributed by atoms with van der Waals surface area (Å²) in [6.45, 7) is 0. The quantitative estimate of drug-likeness (QED) is 0.784. The third kappa shape index (κ3) is 1.96. The van der Waals surface area contributed by atoms with Crippen molar-refractivity contribution in [3.63, 3.8) is 0 Å². The fourth-order valence-corrected chi connectivity index (χ4v) is 3.88. The average molecular weight is 265 g/mol. The van der Waals surface area contributed by atoms with Crippen molar-refractivity contribution in [3.8, 4) is 0 Å². The third-order valence-electron chi connectivity index (χ3n) is 4.51. The van der Waals surface area contributed by atoms with Crippen molar-refractivity contribution in [1.29, 1.82) is 0 Å². The van der Waals surface area contributed by atoms with Crippen molar-refractivity contribution in [1.82, 2.24) is 4.98 Å². The van der Waals surface area contributed by atoms with Crippen LogP contribution in [0.2, 0.25) is 0 Å². The van der Waals surface area contributed by atoms with Crippen LogP contribution < -0.4 is 0 Å². The van der Waals surface area contributed by atoms with E-state index in [-0.39, 0.29) is 11.4 Å². The van der Waals surface area contributed by atoms with Crippen molar-refractivity contribution in [2.75, 3.05) is 7.11 Å². The standard InChI is InChI=1S/C14H19NO2S/c1-17-13(16)14(6-3-7-14)8-12-15-11(9-18-12)10-4-2-5-10/h9-10H,2-8H2,1H3. The van der Waals surface area contributed by atoms with Crippen LogP contribution in [-0.4, -0.2) is 18.1 Å². The molecule has 0 N–H and O–H groups in total. The molecule has 0 atom stereocenters. The van der Waals surface area contributed by atoms with Gasteiger partial charge < -0.3 is 4.74 Å². The monoisotopic (exact) mass is 265 g/mol. The molecule has 0 amide bonds. The van der Waals surface area contributed by atoms with Crippen LogP contribution in [0, 0.1) is 5.41 Å². The second kappa shape index (κ2) is 4.65. The van der Waals surface area contributed by atoms with E-state index in [9.17, 15) is 4.79 Å². The maximum absolute atomic E-state index is 11.9. The smallest absolute Gasteiger partial charge is 0.312 e. The highest BCUT2D eigenvalue weighted by atomic mass is 32.1. The van der Waals surface area contributed by atoms with Crippen molar-refractivity contribution in [2.45, 2.75) is 50.9 Å². The number of nitrogens with zero attached hydrogens (tertiary/aromatic N) is 1. The molecular weight excluding hydrogens is 246 g/mol.